The summed E-state index contributed by atoms with van der Waals surface area (Å²) in [5.74, 6) is 0.697. The summed E-state index contributed by atoms with van der Waals surface area (Å²) in [7, 11) is 0. The van der Waals surface area contributed by atoms with Gasteiger partial charge in [0.05, 0.1) is 5.69 Å². The quantitative estimate of drug-likeness (QED) is 0.875. The molecule has 0 fully saturated rings. The van der Waals surface area contributed by atoms with Crippen LogP contribution in [0.2, 0.25) is 0 Å². The van der Waals surface area contributed by atoms with E-state index in [0.717, 1.165) is 24.2 Å². The summed E-state index contributed by atoms with van der Waals surface area (Å²) in [4.78, 5) is 4.29. The van der Waals surface area contributed by atoms with E-state index in [-0.39, 0.29) is 5.82 Å². The lowest BCUT2D eigenvalue weighted by atomic mass is 10.1. The number of imidazole rings is 1. The van der Waals surface area contributed by atoms with Gasteiger partial charge in [0.25, 0.3) is 0 Å². The predicted octanol–water partition coefficient (Wildman–Crippen LogP) is 3.46. The van der Waals surface area contributed by atoms with Crippen molar-refractivity contribution in [1.29, 1.82) is 0 Å². The van der Waals surface area contributed by atoms with E-state index >= 15 is 0 Å². The van der Waals surface area contributed by atoms with Gasteiger partial charge in [-0.3, -0.25) is 0 Å². The highest BCUT2D eigenvalue weighted by Crippen LogP contribution is 2.18. The van der Waals surface area contributed by atoms with Gasteiger partial charge in [-0.05, 0) is 24.1 Å². The maximum atomic E-state index is 14.3. The second-order valence-electron chi connectivity index (χ2n) is 5.28. The first-order valence-corrected chi connectivity index (χ1v) is 7.16. The Hall–Kier alpha value is -1.68. The molecule has 0 amide bonds. The SMILES string of the molecule is CCCc1nccn1-c1ccc(CNC(C)C)cc1F. The topological polar surface area (TPSA) is 29.9 Å². The molecule has 1 N–H and O–H groups in total. The molecule has 0 atom stereocenters. The van der Waals surface area contributed by atoms with Gasteiger partial charge in [0.15, 0.2) is 0 Å². The minimum atomic E-state index is -0.205. The standard InChI is InChI=1S/C16H22FN3/c1-4-5-16-18-8-9-20(16)15-7-6-13(10-14(15)17)11-19-12(2)3/h6-10,12,19H,4-5,11H2,1-3H3. The summed E-state index contributed by atoms with van der Waals surface area (Å²) in [6, 6.07) is 5.78. The second kappa shape index (κ2) is 6.66. The second-order valence-corrected chi connectivity index (χ2v) is 5.28. The van der Waals surface area contributed by atoms with E-state index < -0.39 is 0 Å². The lowest BCUT2D eigenvalue weighted by molar-refractivity contribution is 0.579. The summed E-state index contributed by atoms with van der Waals surface area (Å²) in [5, 5.41) is 3.29. The highest BCUT2D eigenvalue weighted by Gasteiger charge is 2.09. The largest absolute Gasteiger partial charge is 0.310 e. The Morgan fingerprint density at radius 3 is 2.80 bits per heavy atom. The molecular formula is C16H22FN3. The molecule has 3 nitrogen and oxygen atoms in total. The number of hydrogen-bond donors (Lipinski definition) is 1. The lowest BCUT2D eigenvalue weighted by Gasteiger charge is -2.11. The third-order valence-corrected chi connectivity index (χ3v) is 3.18. The number of nitrogens with one attached hydrogen (secondary N) is 1. The molecule has 108 valence electrons. The van der Waals surface area contributed by atoms with Crippen molar-refractivity contribution in [3.63, 3.8) is 0 Å². The average molecular weight is 275 g/mol. The van der Waals surface area contributed by atoms with Crippen molar-refractivity contribution < 1.29 is 4.39 Å². The van der Waals surface area contributed by atoms with E-state index in [9.17, 15) is 4.39 Å². The lowest BCUT2D eigenvalue weighted by Crippen LogP contribution is -2.21. The Morgan fingerprint density at radius 1 is 1.35 bits per heavy atom. The van der Waals surface area contributed by atoms with Crippen LogP contribution in [0.25, 0.3) is 5.69 Å². The van der Waals surface area contributed by atoms with Crippen molar-refractivity contribution in [3.05, 3.63) is 47.8 Å². The van der Waals surface area contributed by atoms with E-state index in [2.05, 4.69) is 31.1 Å². The van der Waals surface area contributed by atoms with Gasteiger partial charge in [0.2, 0.25) is 0 Å². The molecule has 1 heterocycles. The Bertz CT molecular complexity index is 561. The molecule has 0 saturated carbocycles. The van der Waals surface area contributed by atoms with Crippen LogP contribution < -0.4 is 5.32 Å². The monoisotopic (exact) mass is 275 g/mol. The van der Waals surface area contributed by atoms with Gasteiger partial charge in [-0.2, -0.15) is 0 Å². The molecule has 20 heavy (non-hydrogen) atoms. The average Bonchev–Trinajstić information content (AvgIpc) is 2.85. The van der Waals surface area contributed by atoms with Crippen molar-refractivity contribution in [2.24, 2.45) is 0 Å². The van der Waals surface area contributed by atoms with Crippen LogP contribution in [0.4, 0.5) is 4.39 Å². The molecule has 0 spiro atoms. The Balaban J connectivity index is 2.23. The zero-order valence-electron chi connectivity index (χ0n) is 12.4. The summed E-state index contributed by atoms with van der Waals surface area (Å²) < 4.78 is 16.1. The predicted molar refractivity (Wildman–Crippen MR) is 79.5 cm³/mol. The van der Waals surface area contributed by atoms with Crippen LogP contribution in [0.15, 0.2) is 30.6 Å². The Kier molecular flexibility index (Phi) is 4.90. The summed E-state index contributed by atoms with van der Waals surface area (Å²) >= 11 is 0. The number of hydrogen-bond acceptors (Lipinski definition) is 2. The maximum absolute atomic E-state index is 14.3. The van der Waals surface area contributed by atoms with Crippen LogP contribution in [-0.2, 0) is 13.0 Å². The highest BCUT2D eigenvalue weighted by molar-refractivity contribution is 5.37. The molecule has 0 aliphatic heterocycles. The van der Waals surface area contributed by atoms with Crippen molar-refractivity contribution >= 4 is 0 Å². The van der Waals surface area contributed by atoms with Crippen LogP contribution in [0.1, 0.15) is 38.6 Å². The zero-order chi connectivity index (χ0) is 14.5. The molecule has 0 radical (unpaired) electrons. The van der Waals surface area contributed by atoms with E-state index in [1.807, 2.05) is 22.9 Å². The molecule has 1 aromatic heterocycles. The van der Waals surface area contributed by atoms with Crippen molar-refractivity contribution in [1.82, 2.24) is 14.9 Å². The molecule has 0 aliphatic carbocycles. The van der Waals surface area contributed by atoms with Gasteiger partial charge in [-0.15, -0.1) is 0 Å². The smallest absolute Gasteiger partial charge is 0.147 e. The molecule has 2 rings (SSSR count). The molecule has 0 unspecified atom stereocenters. The van der Waals surface area contributed by atoms with Gasteiger partial charge in [-0.1, -0.05) is 26.8 Å². The molecular weight excluding hydrogens is 253 g/mol. The van der Waals surface area contributed by atoms with Gasteiger partial charge in [0.1, 0.15) is 11.6 Å². The normalized spacial score (nSPS) is 11.2. The van der Waals surface area contributed by atoms with Crippen molar-refractivity contribution in [2.45, 2.75) is 46.2 Å². The minimum Gasteiger partial charge on any atom is -0.310 e. The number of rotatable bonds is 6. The first-order chi connectivity index (χ1) is 9.61. The van der Waals surface area contributed by atoms with E-state index in [1.54, 1.807) is 12.3 Å². The number of benzene rings is 1. The number of aromatic nitrogens is 2. The summed E-state index contributed by atoms with van der Waals surface area (Å²) in [6.45, 7) is 6.93. The number of nitrogens with zero attached hydrogens (tertiary/aromatic N) is 2. The van der Waals surface area contributed by atoms with Crippen molar-refractivity contribution in [2.75, 3.05) is 0 Å². The third-order valence-electron chi connectivity index (χ3n) is 3.18. The fraction of sp³-hybridized carbons (Fsp3) is 0.438. The number of aryl methyl sites for hydroxylation is 1. The zero-order valence-corrected chi connectivity index (χ0v) is 12.4. The molecule has 0 aliphatic rings. The van der Waals surface area contributed by atoms with E-state index in [0.29, 0.717) is 18.3 Å². The summed E-state index contributed by atoms with van der Waals surface area (Å²) in [5.41, 5.74) is 1.52. The van der Waals surface area contributed by atoms with Gasteiger partial charge in [0, 0.05) is 31.4 Å². The van der Waals surface area contributed by atoms with Crippen molar-refractivity contribution in [3.8, 4) is 5.69 Å². The van der Waals surface area contributed by atoms with Crippen LogP contribution in [-0.4, -0.2) is 15.6 Å². The molecule has 0 saturated heterocycles. The fourth-order valence-electron chi connectivity index (χ4n) is 2.14. The highest BCUT2D eigenvalue weighted by atomic mass is 19.1. The van der Waals surface area contributed by atoms with Crippen LogP contribution >= 0.6 is 0 Å². The van der Waals surface area contributed by atoms with Gasteiger partial charge in [-0.25, -0.2) is 9.37 Å². The first kappa shape index (κ1) is 14.7. The maximum Gasteiger partial charge on any atom is 0.147 e. The summed E-state index contributed by atoms with van der Waals surface area (Å²) in [6.07, 6.45) is 5.38. The van der Waals surface area contributed by atoms with Crippen LogP contribution in [0.3, 0.4) is 0 Å². The number of halogens is 1. The van der Waals surface area contributed by atoms with Crippen LogP contribution in [0.5, 0.6) is 0 Å². The fourth-order valence-corrected chi connectivity index (χ4v) is 2.14. The molecule has 2 aromatic rings. The van der Waals surface area contributed by atoms with Crippen LogP contribution in [0, 0.1) is 5.82 Å². The Morgan fingerprint density at radius 2 is 2.15 bits per heavy atom. The molecule has 0 bridgehead atoms. The Labute approximate surface area is 119 Å². The van der Waals surface area contributed by atoms with E-state index in [4.69, 9.17) is 0 Å². The molecule has 4 heteroatoms. The molecule has 1 aromatic carbocycles. The minimum absolute atomic E-state index is 0.205. The van der Waals surface area contributed by atoms with Gasteiger partial charge < -0.3 is 9.88 Å². The van der Waals surface area contributed by atoms with Gasteiger partial charge >= 0.3 is 0 Å². The van der Waals surface area contributed by atoms with E-state index in [1.165, 1.54) is 0 Å². The third kappa shape index (κ3) is 3.45. The first-order valence-electron chi connectivity index (χ1n) is 7.16.